The predicted molar refractivity (Wildman–Crippen MR) is 162 cm³/mol. The van der Waals surface area contributed by atoms with Crippen molar-refractivity contribution in [1.29, 1.82) is 5.26 Å². The molecule has 0 N–H and O–H groups in total. The van der Waals surface area contributed by atoms with Gasteiger partial charge in [0.15, 0.2) is 0 Å². The number of hydrogen-bond donors (Lipinski definition) is 0. The predicted octanol–water partition coefficient (Wildman–Crippen LogP) is 10.0. The van der Waals surface area contributed by atoms with E-state index in [2.05, 4.69) is 108 Å². The average molecular weight is 499 g/mol. The molecular formula is C37H26N2. The summed E-state index contributed by atoms with van der Waals surface area (Å²) >= 11 is 0. The number of benzene rings is 6. The first-order valence-corrected chi connectivity index (χ1v) is 13.0. The van der Waals surface area contributed by atoms with Gasteiger partial charge in [-0.15, -0.1) is 0 Å². The molecule has 0 aliphatic rings. The van der Waals surface area contributed by atoms with E-state index in [1.807, 2.05) is 60.7 Å². The van der Waals surface area contributed by atoms with Crippen LogP contribution in [0, 0.1) is 11.3 Å². The summed E-state index contributed by atoms with van der Waals surface area (Å²) in [6, 6.07) is 56.6. The van der Waals surface area contributed by atoms with E-state index < -0.39 is 0 Å². The van der Waals surface area contributed by atoms with Crippen LogP contribution in [0.4, 0.5) is 17.1 Å². The molecule has 0 aliphatic carbocycles. The van der Waals surface area contributed by atoms with Gasteiger partial charge >= 0.3 is 0 Å². The topological polar surface area (TPSA) is 27.0 Å². The minimum absolute atomic E-state index is 0.636. The van der Waals surface area contributed by atoms with Crippen molar-refractivity contribution >= 4 is 17.1 Å². The van der Waals surface area contributed by atoms with Crippen molar-refractivity contribution in [2.24, 2.45) is 0 Å². The Balaban J connectivity index is 1.70. The van der Waals surface area contributed by atoms with Gasteiger partial charge in [-0.05, 0) is 70.3 Å². The molecule has 0 spiro atoms. The van der Waals surface area contributed by atoms with Crippen molar-refractivity contribution < 1.29 is 0 Å². The van der Waals surface area contributed by atoms with E-state index in [0.717, 1.165) is 50.4 Å². The molecule has 0 fully saturated rings. The Morgan fingerprint density at radius 3 is 1.31 bits per heavy atom. The molecule has 0 saturated heterocycles. The second-order valence-electron chi connectivity index (χ2n) is 9.31. The van der Waals surface area contributed by atoms with Crippen LogP contribution < -0.4 is 4.90 Å². The smallest absolute Gasteiger partial charge is 0.0992 e. The summed E-state index contributed by atoms with van der Waals surface area (Å²) < 4.78 is 0. The van der Waals surface area contributed by atoms with Crippen molar-refractivity contribution in [1.82, 2.24) is 0 Å². The molecule has 2 heteroatoms. The van der Waals surface area contributed by atoms with Crippen LogP contribution in [-0.2, 0) is 0 Å². The Morgan fingerprint density at radius 1 is 0.436 bits per heavy atom. The molecule has 6 aromatic carbocycles. The van der Waals surface area contributed by atoms with E-state index in [0.29, 0.717) is 5.56 Å². The minimum Gasteiger partial charge on any atom is -0.310 e. The summed E-state index contributed by atoms with van der Waals surface area (Å²) in [7, 11) is 0. The number of hydrogen-bond acceptors (Lipinski definition) is 2. The maximum absolute atomic E-state index is 10.0. The zero-order valence-corrected chi connectivity index (χ0v) is 21.4. The first-order chi connectivity index (χ1) is 19.3. The Hall–Kier alpha value is -5.39. The van der Waals surface area contributed by atoms with Crippen LogP contribution >= 0.6 is 0 Å². The van der Waals surface area contributed by atoms with Gasteiger partial charge in [-0.1, -0.05) is 115 Å². The second-order valence-corrected chi connectivity index (χ2v) is 9.31. The van der Waals surface area contributed by atoms with Gasteiger partial charge in [-0.2, -0.15) is 5.26 Å². The van der Waals surface area contributed by atoms with Crippen LogP contribution in [0.3, 0.4) is 0 Å². The van der Waals surface area contributed by atoms with Crippen LogP contribution in [0.2, 0.25) is 0 Å². The molecule has 6 rings (SSSR count). The van der Waals surface area contributed by atoms with Crippen molar-refractivity contribution in [3.8, 4) is 39.4 Å². The second kappa shape index (κ2) is 10.9. The Kier molecular flexibility index (Phi) is 6.72. The van der Waals surface area contributed by atoms with E-state index in [1.165, 1.54) is 0 Å². The third kappa shape index (κ3) is 4.82. The molecule has 0 heterocycles. The van der Waals surface area contributed by atoms with Crippen LogP contribution in [0.25, 0.3) is 33.4 Å². The van der Waals surface area contributed by atoms with E-state index in [1.54, 1.807) is 0 Å². The van der Waals surface area contributed by atoms with Crippen LogP contribution in [0.15, 0.2) is 158 Å². The monoisotopic (exact) mass is 498 g/mol. The highest BCUT2D eigenvalue weighted by Crippen LogP contribution is 2.47. The Labute approximate surface area is 229 Å². The number of para-hydroxylation sites is 3. The van der Waals surface area contributed by atoms with Crippen molar-refractivity contribution in [3.63, 3.8) is 0 Å². The van der Waals surface area contributed by atoms with Crippen molar-refractivity contribution in [3.05, 3.63) is 163 Å². The molecule has 0 saturated carbocycles. The molecule has 0 radical (unpaired) electrons. The summed E-state index contributed by atoms with van der Waals surface area (Å²) in [5.41, 5.74) is 10.2. The highest BCUT2D eigenvalue weighted by Gasteiger charge is 2.22. The zero-order chi connectivity index (χ0) is 26.4. The maximum atomic E-state index is 10.0. The van der Waals surface area contributed by atoms with Gasteiger partial charge in [0.1, 0.15) is 0 Å². The molecular weight excluding hydrogens is 472 g/mol. The molecule has 0 atom stereocenters. The van der Waals surface area contributed by atoms with Crippen LogP contribution in [0.1, 0.15) is 5.56 Å². The largest absolute Gasteiger partial charge is 0.310 e. The normalized spacial score (nSPS) is 10.5. The molecule has 39 heavy (non-hydrogen) atoms. The van der Waals surface area contributed by atoms with Crippen LogP contribution in [-0.4, -0.2) is 0 Å². The van der Waals surface area contributed by atoms with E-state index in [4.69, 9.17) is 0 Å². The Bertz CT molecular complexity index is 1640. The summed E-state index contributed by atoms with van der Waals surface area (Å²) in [5, 5.41) is 10.0. The standard InChI is InChI=1S/C37H26N2/c38-27-28-25-34(29-15-5-1-6-16-29)37(35(26-28)30-17-7-2-8-18-30)33-23-13-14-24-36(33)39(31-19-9-3-10-20-31)32-21-11-4-12-22-32/h1-26H. The quantitative estimate of drug-likeness (QED) is 0.228. The molecule has 6 aromatic rings. The van der Waals surface area contributed by atoms with Gasteiger partial charge in [0.25, 0.3) is 0 Å². The lowest BCUT2D eigenvalue weighted by molar-refractivity contribution is 1.28. The van der Waals surface area contributed by atoms with Gasteiger partial charge in [-0.25, -0.2) is 0 Å². The van der Waals surface area contributed by atoms with Crippen molar-refractivity contribution in [2.75, 3.05) is 4.90 Å². The lowest BCUT2D eigenvalue weighted by Crippen LogP contribution is -2.11. The number of nitriles is 1. The van der Waals surface area contributed by atoms with E-state index in [-0.39, 0.29) is 0 Å². The summed E-state index contributed by atoms with van der Waals surface area (Å²) in [6.45, 7) is 0. The first kappa shape index (κ1) is 24.0. The van der Waals surface area contributed by atoms with Crippen molar-refractivity contribution in [2.45, 2.75) is 0 Å². The zero-order valence-electron chi connectivity index (χ0n) is 21.4. The van der Waals surface area contributed by atoms with E-state index >= 15 is 0 Å². The number of nitrogens with zero attached hydrogens (tertiary/aromatic N) is 2. The summed E-state index contributed by atoms with van der Waals surface area (Å²) in [4.78, 5) is 2.30. The van der Waals surface area contributed by atoms with Gasteiger partial charge in [-0.3, -0.25) is 0 Å². The van der Waals surface area contributed by atoms with Gasteiger partial charge in [0, 0.05) is 16.9 Å². The summed E-state index contributed by atoms with van der Waals surface area (Å²) in [5.74, 6) is 0. The molecule has 0 bridgehead atoms. The fourth-order valence-electron chi connectivity index (χ4n) is 5.15. The number of anilines is 3. The lowest BCUT2D eigenvalue weighted by Gasteiger charge is -2.29. The molecule has 0 amide bonds. The fourth-order valence-corrected chi connectivity index (χ4v) is 5.15. The maximum Gasteiger partial charge on any atom is 0.0992 e. The van der Waals surface area contributed by atoms with Gasteiger partial charge in [0.2, 0.25) is 0 Å². The minimum atomic E-state index is 0.636. The third-order valence-electron chi connectivity index (χ3n) is 6.88. The lowest BCUT2D eigenvalue weighted by atomic mass is 9.85. The third-order valence-corrected chi connectivity index (χ3v) is 6.88. The first-order valence-electron chi connectivity index (χ1n) is 13.0. The molecule has 2 nitrogen and oxygen atoms in total. The molecule has 184 valence electrons. The SMILES string of the molecule is N#Cc1cc(-c2ccccc2)c(-c2ccccc2N(c2ccccc2)c2ccccc2)c(-c2ccccc2)c1. The summed E-state index contributed by atoms with van der Waals surface area (Å²) in [6.07, 6.45) is 0. The Morgan fingerprint density at radius 2 is 0.846 bits per heavy atom. The van der Waals surface area contributed by atoms with Crippen LogP contribution in [0.5, 0.6) is 0 Å². The van der Waals surface area contributed by atoms with Gasteiger partial charge < -0.3 is 4.90 Å². The van der Waals surface area contributed by atoms with Gasteiger partial charge in [0.05, 0.1) is 17.3 Å². The molecule has 0 aliphatic heterocycles. The number of rotatable bonds is 6. The highest BCUT2D eigenvalue weighted by molar-refractivity contribution is 6.01. The highest BCUT2D eigenvalue weighted by atomic mass is 15.1. The average Bonchev–Trinajstić information content (AvgIpc) is 3.03. The fraction of sp³-hybridized carbons (Fsp3) is 0. The van der Waals surface area contributed by atoms with E-state index in [9.17, 15) is 5.26 Å². The molecule has 0 aromatic heterocycles. The molecule has 0 unspecified atom stereocenters.